The lowest BCUT2D eigenvalue weighted by Crippen LogP contribution is -2.51. The molecule has 0 aliphatic carbocycles. The Balaban J connectivity index is 4.74. The van der Waals surface area contributed by atoms with Crippen LogP contribution in [0.25, 0.3) is 0 Å². The predicted octanol–water partition coefficient (Wildman–Crippen LogP) is 2.97. The monoisotopic (exact) mass is 517 g/mol. The molecule has 10 heteroatoms. The van der Waals surface area contributed by atoms with Gasteiger partial charge < -0.3 is 25.8 Å². The predicted molar refractivity (Wildman–Crippen MR) is 140 cm³/mol. The molecule has 0 spiro atoms. The number of rotatable bonds is 17. The van der Waals surface area contributed by atoms with Gasteiger partial charge >= 0.3 is 5.97 Å². The molecule has 0 aromatic carbocycles. The van der Waals surface area contributed by atoms with Crippen molar-refractivity contribution < 1.29 is 29.0 Å². The molecule has 0 saturated carbocycles. The number of carboxylic acid groups (broad SMARTS) is 1. The second-order valence-electron chi connectivity index (χ2n) is 11.3. The molecule has 0 heterocycles. The fraction of sp³-hybridized carbons (Fsp3) is 0.840. The fourth-order valence-corrected chi connectivity index (χ4v) is 4.11. The van der Waals surface area contributed by atoms with Crippen molar-refractivity contribution in [2.24, 2.45) is 11.3 Å². The third-order valence-electron chi connectivity index (χ3n) is 4.79. The zero-order chi connectivity index (χ0) is 27.2. The van der Waals surface area contributed by atoms with E-state index in [0.717, 1.165) is 5.75 Å². The minimum absolute atomic E-state index is 0.0252. The number of carboxylic acids is 1. The Hall–Kier alpha value is -1.81. The fourth-order valence-electron chi connectivity index (χ4n) is 2.91. The molecule has 0 saturated heterocycles. The van der Waals surface area contributed by atoms with Gasteiger partial charge in [-0.25, -0.2) is 0 Å². The number of carbonyl (C=O) groups excluding carboxylic acids is 3. The van der Waals surface area contributed by atoms with Crippen molar-refractivity contribution >= 4 is 35.5 Å². The molecular formula is C25H47N3O6S. The number of thioether (sulfide) groups is 1. The van der Waals surface area contributed by atoms with Gasteiger partial charge in [0.15, 0.2) is 0 Å². The molecule has 3 amide bonds. The lowest BCUT2D eigenvalue weighted by molar-refractivity contribution is -0.139. The summed E-state index contributed by atoms with van der Waals surface area (Å²) < 4.78 is 5.98. The Morgan fingerprint density at radius 1 is 0.943 bits per heavy atom. The Morgan fingerprint density at radius 3 is 2.11 bits per heavy atom. The lowest BCUT2D eigenvalue weighted by atomic mass is 10.0. The Bertz CT molecular complexity index is 691. The van der Waals surface area contributed by atoms with Gasteiger partial charge in [-0.2, -0.15) is 11.8 Å². The zero-order valence-electron chi connectivity index (χ0n) is 22.8. The van der Waals surface area contributed by atoms with Crippen molar-refractivity contribution in [2.45, 2.75) is 98.8 Å². The van der Waals surface area contributed by atoms with Crippen molar-refractivity contribution in [3.63, 3.8) is 0 Å². The summed E-state index contributed by atoms with van der Waals surface area (Å²) >= 11 is 1.56. The zero-order valence-corrected chi connectivity index (χ0v) is 23.6. The largest absolute Gasteiger partial charge is 0.481 e. The van der Waals surface area contributed by atoms with Crippen LogP contribution in [0.4, 0.5) is 0 Å². The van der Waals surface area contributed by atoms with Gasteiger partial charge in [0.2, 0.25) is 17.7 Å². The van der Waals surface area contributed by atoms with Crippen molar-refractivity contribution in [1.82, 2.24) is 16.0 Å². The van der Waals surface area contributed by atoms with Gasteiger partial charge in [-0.3, -0.25) is 19.2 Å². The minimum atomic E-state index is -1.06. The molecule has 0 bridgehead atoms. The lowest BCUT2D eigenvalue weighted by Gasteiger charge is -2.28. The topological polar surface area (TPSA) is 134 Å². The van der Waals surface area contributed by atoms with Crippen molar-refractivity contribution in [3.8, 4) is 0 Å². The highest BCUT2D eigenvalue weighted by Crippen LogP contribution is 2.21. The van der Waals surface area contributed by atoms with Crippen LogP contribution in [0.1, 0.15) is 81.1 Å². The second kappa shape index (κ2) is 16.0. The van der Waals surface area contributed by atoms with E-state index in [1.807, 2.05) is 34.6 Å². The molecule has 0 fully saturated rings. The van der Waals surface area contributed by atoms with Crippen molar-refractivity contribution in [3.05, 3.63) is 0 Å². The molecule has 204 valence electrons. The average molecular weight is 518 g/mol. The normalized spacial score (nSPS) is 13.7. The molecule has 0 rings (SSSR count). The van der Waals surface area contributed by atoms with Crippen LogP contribution < -0.4 is 16.0 Å². The molecule has 1 unspecified atom stereocenters. The first kappa shape index (κ1) is 33.2. The summed E-state index contributed by atoms with van der Waals surface area (Å²) in [5.74, 6) is -0.326. The first-order valence-corrected chi connectivity index (χ1v) is 13.5. The molecule has 0 aliphatic rings. The summed E-state index contributed by atoms with van der Waals surface area (Å²) in [4.78, 5) is 47.6. The maximum Gasteiger partial charge on any atom is 0.303 e. The SMILES string of the molecule is CC(C)CC(=O)NCCC(C)(C)OCC(C)NC(=O)[C@H](CSCC(C)(C)C)NC(=O)CCC(=O)O. The maximum atomic E-state index is 12.9. The van der Waals surface area contributed by atoms with E-state index < -0.39 is 23.5 Å². The standard InChI is InChI=1S/C25H47N3O6S/c1-17(2)13-21(30)26-12-11-25(7,8)34-14-18(3)27-23(33)19(15-35-16-24(4,5)6)28-20(29)9-10-22(31)32/h17-19H,9-16H2,1-8H3,(H,26,30)(H,27,33)(H,28,29)(H,31,32)/t18?,19-/m0/s1. The van der Waals surface area contributed by atoms with Crippen LogP contribution in [0.3, 0.4) is 0 Å². The summed E-state index contributed by atoms with van der Waals surface area (Å²) in [6.45, 7) is 16.8. The first-order chi connectivity index (χ1) is 16.0. The van der Waals surface area contributed by atoms with E-state index in [4.69, 9.17) is 9.84 Å². The van der Waals surface area contributed by atoms with Gasteiger partial charge in [-0.1, -0.05) is 34.6 Å². The van der Waals surface area contributed by atoms with E-state index in [9.17, 15) is 19.2 Å². The number of amides is 3. The van der Waals surface area contributed by atoms with Gasteiger partial charge in [-0.15, -0.1) is 0 Å². The quantitative estimate of drug-likeness (QED) is 0.233. The molecule has 9 nitrogen and oxygen atoms in total. The minimum Gasteiger partial charge on any atom is -0.481 e. The van der Waals surface area contributed by atoms with E-state index >= 15 is 0 Å². The smallest absolute Gasteiger partial charge is 0.303 e. The number of nitrogens with one attached hydrogen (secondary N) is 3. The average Bonchev–Trinajstić information content (AvgIpc) is 2.68. The molecule has 0 aromatic heterocycles. The van der Waals surface area contributed by atoms with Crippen LogP contribution in [0.2, 0.25) is 0 Å². The summed E-state index contributed by atoms with van der Waals surface area (Å²) in [5.41, 5.74) is -0.420. The number of carbonyl (C=O) groups is 4. The molecule has 35 heavy (non-hydrogen) atoms. The Morgan fingerprint density at radius 2 is 1.57 bits per heavy atom. The van der Waals surface area contributed by atoms with Gasteiger partial charge in [0.05, 0.1) is 18.6 Å². The molecule has 4 N–H and O–H groups in total. The molecule has 0 aliphatic heterocycles. The second-order valence-corrected chi connectivity index (χ2v) is 12.3. The van der Waals surface area contributed by atoms with Gasteiger partial charge in [0.25, 0.3) is 0 Å². The first-order valence-electron chi connectivity index (χ1n) is 12.3. The van der Waals surface area contributed by atoms with Crippen molar-refractivity contribution in [1.29, 1.82) is 0 Å². The molecule has 0 aromatic rings. The molecule has 0 radical (unpaired) electrons. The summed E-state index contributed by atoms with van der Waals surface area (Å²) in [7, 11) is 0. The summed E-state index contributed by atoms with van der Waals surface area (Å²) in [5, 5.41) is 17.3. The third-order valence-corrected chi connectivity index (χ3v) is 6.43. The van der Waals surface area contributed by atoms with E-state index in [1.165, 1.54) is 0 Å². The van der Waals surface area contributed by atoms with Gasteiger partial charge in [0.1, 0.15) is 6.04 Å². The Kier molecular flexibility index (Phi) is 15.2. The van der Waals surface area contributed by atoms with E-state index in [0.29, 0.717) is 31.1 Å². The molecule has 2 atom stereocenters. The summed E-state index contributed by atoms with van der Waals surface area (Å²) in [6, 6.07) is -1.07. The highest BCUT2D eigenvalue weighted by atomic mass is 32.2. The van der Waals surface area contributed by atoms with Crippen molar-refractivity contribution in [2.75, 3.05) is 24.7 Å². The van der Waals surface area contributed by atoms with E-state index in [1.54, 1.807) is 11.8 Å². The van der Waals surface area contributed by atoms with E-state index in [-0.39, 0.29) is 42.7 Å². The van der Waals surface area contributed by atoms with E-state index in [2.05, 4.69) is 36.7 Å². The van der Waals surface area contributed by atoms with Gasteiger partial charge in [0, 0.05) is 31.2 Å². The van der Waals surface area contributed by atoms with Gasteiger partial charge in [-0.05, 0) is 44.3 Å². The van der Waals surface area contributed by atoms with Crippen LogP contribution in [-0.2, 0) is 23.9 Å². The number of hydrogen-bond acceptors (Lipinski definition) is 6. The third kappa shape index (κ3) is 19.1. The van der Waals surface area contributed by atoms with Crippen LogP contribution in [0.5, 0.6) is 0 Å². The number of aliphatic carboxylic acids is 1. The number of ether oxygens (including phenoxy) is 1. The van der Waals surface area contributed by atoms with Crippen LogP contribution in [-0.4, -0.2) is 71.1 Å². The maximum absolute atomic E-state index is 12.9. The van der Waals surface area contributed by atoms with Crippen LogP contribution in [0.15, 0.2) is 0 Å². The highest BCUT2D eigenvalue weighted by molar-refractivity contribution is 7.99. The van der Waals surface area contributed by atoms with Crippen LogP contribution in [0, 0.1) is 11.3 Å². The highest BCUT2D eigenvalue weighted by Gasteiger charge is 2.25. The molecular weight excluding hydrogens is 470 g/mol. The number of hydrogen-bond donors (Lipinski definition) is 4. The van der Waals surface area contributed by atoms with Crippen LogP contribution >= 0.6 is 11.8 Å². The Labute approximate surface area is 215 Å². The summed E-state index contributed by atoms with van der Waals surface area (Å²) in [6.07, 6.45) is 0.659.